The van der Waals surface area contributed by atoms with Crippen molar-refractivity contribution < 1.29 is 105 Å². The van der Waals surface area contributed by atoms with Crippen LogP contribution < -0.4 is 0 Å². The fourth-order valence-electron chi connectivity index (χ4n) is 5.87. The molecule has 61 heavy (non-hydrogen) atoms. The lowest BCUT2D eigenvalue weighted by Crippen LogP contribution is -2.72. The average molecular weight is 1290 g/mol. The number of alkyl halides is 27. The van der Waals surface area contributed by atoms with E-state index < -0.39 is 139 Å². The Bertz CT molecular complexity index is 1410. The summed E-state index contributed by atoms with van der Waals surface area (Å²) in [5.41, 5.74) is -6.83. The van der Waals surface area contributed by atoms with Crippen LogP contribution in [0.1, 0.15) is 98.3 Å². The van der Waals surface area contributed by atoms with Crippen molar-refractivity contribution in [3.63, 3.8) is 0 Å². The molecule has 0 saturated heterocycles. The third kappa shape index (κ3) is 11.5. The molecule has 3 unspecified atom stereocenters. The molecule has 0 bridgehead atoms. The standard InChI is InChI=1S/C34H41F24I3/c1-6-7-8-9-12-18(59)15-23(4,5)27(43,44)31(51,52)34(57,58)32(53,54)28(45,46)24(37,38)17-20(61)14-11-10-13-19(60)16-22(2,3)26(41,42)30(49,50)33(55,56)29(47,48)25(39,40)21(35)36/h6,18-21H,1,7-17H2,2-5H3. The van der Waals surface area contributed by atoms with Gasteiger partial charge in [0.15, 0.2) is 0 Å². The number of allylic oxidation sites excluding steroid dienone is 1. The van der Waals surface area contributed by atoms with E-state index in [0.29, 0.717) is 19.3 Å². The molecule has 0 aliphatic heterocycles. The summed E-state index contributed by atoms with van der Waals surface area (Å²) in [4.78, 5) is 0. The first kappa shape index (κ1) is 61.2. The highest BCUT2D eigenvalue weighted by molar-refractivity contribution is 14.1. The first-order valence-electron chi connectivity index (χ1n) is 17.6. The van der Waals surface area contributed by atoms with Gasteiger partial charge in [0.25, 0.3) is 0 Å². The lowest BCUT2D eigenvalue weighted by molar-refractivity contribution is -0.434. The minimum absolute atomic E-state index is 0.0445. The zero-order valence-corrected chi connectivity index (χ0v) is 38.5. The van der Waals surface area contributed by atoms with Crippen LogP contribution in [0.4, 0.5) is 105 Å². The van der Waals surface area contributed by atoms with E-state index in [0.717, 1.165) is 22.6 Å². The summed E-state index contributed by atoms with van der Waals surface area (Å²) in [7, 11) is 0. The zero-order valence-electron chi connectivity index (χ0n) is 32.1. The van der Waals surface area contributed by atoms with Crippen LogP contribution in [0, 0.1) is 10.8 Å². The van der Waals surface area contributed by atoms with E-state index in [4.69, 9.17) is 0 Å². The second-order valence-electron chi connectivity index (χ2n) is 15.8. The van der Waals surface area contributed by atoms with Gasteiger partial charge in [0, 0.05) is 29.0 Å². The molecule has 0 rings (SSSR count). The molecule has 0 spiro atoms. The second-order valence-corrected chi connectivity index (χ2v) is 21.1. The summed E-state index contributed by atoms with van der Waals surface area (Å²) in [5, 5.41) is 0. The van der Waals surface area contributed by atoms with Gasteiger partial charge in [-0.3, -0.25) is 0 Å². The molecule has 27 heteroatoms. The Morgan fingerprint density at radius 1 is 0.393 bits per heavy atom. The summed E-state index contributed by atoms with van der Waals surface area (Å²) in [6, 6.07) is 0. The average Bonchev–Trinajstić information content (AvgIpc) is 3.06. The van der Waals surface area contributed by atoms with Crippen LogP contribution in [-0.2, 0) is 0 Å². The van der Waals surface area contributed by atoms with E-state index in [1.807, 2.05) is 0 Å². The lowest BCUT2D eigenvalue weighted by atomic mass is 9.74. The Balaban J connectivity index is 5.94. The monoisotopic (exact) mass is 1290 g/mol. The summed E-state index contributed by atoms with van der Waals surface area (Å²) in [5.74, 6) is -79.4. The van der Waals surface area contributed by atoms with E-state index in [2.05, 4.69) is 6.58 Å². The van der Waals surface area contributed by atoms with Crippen molar-refractivity contribution in [2.45, 2.75) is 182 Å². The van der Waals surface area contributed by atoms with E-state index in [1.54, 1.807) is 0 Å². The fourth-order valence-corrected chi connectivity index (χ4v) is 9.95. The molecule has 0 aromatic carbocycles. The van der Waals surface area contributed by atoms with Crippen molar-refractivity contribution in [1.29, 1.82) is 0 Å². The minimum atomic E-state index is -7.83. The summed E-state index contributed by atoms with van der Waals surface area (Å²) >= 11 is 3.61. The van der Waals surface area contributed by atoms with Crippen LogP contribution in [0.15, 0.2) is 12.7 Å². The second kappa shape index (κ2) is 20.2. The predicted octanol–water partition coefficient (Wildman–Crippen LogP) is 17.2. The van der Waals surface area contributed by atoms with E-state index >= 15 is 8.78 Å². The molecule has 0 saturated carbocycles. The van der Waals surface area contributed by atoms with Gasteiger partial charge < -0.3 is 0 Å². The van der Waals surface area contributed by atoms with Gasteiger partial charge >= 0.3 is 71.6 Å². The first-order chi connectivity index (χ1) is 26.6. The van der Waals surface area contributed by atoms with Gasteiger partial charge in [-0.05, 0) is 44.9 Å². The van der Waals surface area contributed by atoms with E-state index in [-0.39, 0.29) is 34.1 Å². The SMILES string of the molecule is C=CCCCCC(I)CC(C)(C)C(F)(F)C(F)(F)C(F)(F)C(F)(F)C(F)(F)C(F)(F)CC(I)CCCCC(I)CC(C)(C)C(F)(F)C(F)(F)C(F)(F)C(F)(F)C(F)(F)C(F)F. The topological polar surface area (TPSA) is 0 Å². The molecule has 0 aromatic rings. The molecule has 0 aliphatic carbocycles. The molecular weight excluding hydrogens is 1250 g/mol. The van der Waals surface area contributed by atoms with Crippen molar-refractivity contribution in [2.24, 2.45) is 10.8 Å². The fraction of sp³-hybridized carbons (Fsp3) is 0.941. The van der Waals surface area contributed by atoms with Crippen molar-refractivity contribution in [1.82, 2.24) is 0 Å². The van der Waals surface area contributed by atoms with E-state index in [9.17, 15) is 96.6 Å². The van der Waals surface area contributed by atoms with Gasteiger partial charge in [0.1, 0.15) is 0 Å². The molecule has 0 N–H and O–H groups in total. The Kier molecular flexibility index (Phi) is 20.3. The van der Waals surface area contributed by atoms with Gasteiger partial charge in [-0.2, -0.15) is 96.6 Å². The number of hydrogen-bond donors (Lipinski definition) is 0. The van der Waals surface area contributed by atoms with Crippen LogP contribution in [0.25, 0.3) is 0 Å². The highest BCUT2D eigenvalue weighted by Crippen LogP contribution is 2.65. The van der Waals surface area contributed by atoms with Crippen molar-refractivity contribution >= 4 is 67.8 Å². The molecule has 0 aromatic heterocycles. The van der Waals surface area contributed by atoms with Crippen molar-refractivity contribution in [3.8, 4) is 0 Å². The lowest BCUT2D eigenvalue weighted by Gasteiger charge is -2.46. The quantitative estimate of drug-likeness (QED) is 0.0241. The molecular formula is C34H41F24I3. The minimum Gasteiger partial charge on any atom is -0.203 e. The van der Waals surface area contributed by atoms with Gasteiger partial charge in [-0.1, -0.05) is 121 Å². The van der Waals surface area contributed by atoms with E-state index in [1.165, 1.54) is 51.3 Å². The third-order valence-electron chi connectivity index (χ3n) is 10.0. The Morgan fingerprint density at radius 3 is 0.967 bits per heavy atom. The highest BCUT2D eigenvalue weighted by atomic mass is 127. The van der Waals surface area contributed by atoms with Crippen LogP contribution in [-0.4, -0.2) is 83.3 Å². The van der Waals surface area contributed by atoms with Gasteiger partial charge in [0.2, 0.25) is 0 Å². The summed E-state index contributed by atoms with van der Waals surface area (Å²) in [6.07, 6.45) is -10.1. The maximum absolute atomic E-state index is 15.1. The molecule has 0 radical (unpaired) electrons. The Morgan fingerprint density at radius 2 is 0.656 bits per heavy atom. The molecule has 0 nitrogen and oxygen atoms in total. The first-order valence-corrected chi connectivity index (χ1v) is 21.4. The van der Waals surface area contributed by atoms with Crippen molar-refractivity contribution in [3.05, 3.63) is 12.7 Å². The van der Waals surface area contributed by atoms with Crippen LogP contribution >= 0.6 is 67.8 Å². The van der Waals surface area contributed by atoms with Crippen LogP contribution in [0.3, 0.4) is 0 Å². The largest absolute Gasteiger partial charge is 0.384 e. The zero-order chi connectivity index (χ0) is 49.3. The van der Waals surface area contributed by atoms with Crippen LogP contribution in [0.2, 0.25) is 0 Å². The number of halogens is 27. The number of rotatable bonds is 28. The Labute approximate surface area is 376 Å². The van der Waals surface area contributed by atoms with Crippen molar-refractivity contribution in [2.75, 3.05) is 0 Å². The smallest absolute Gasteiger partial charge is 0.203 e. The molecule has 0 heterocycles. The Hall–Kier alpha value is 0.250. The molecule has 366 valence electrons. The maximum Gasteiger partial charge on any atom is 0.384 e. The molecule has 0 fully saturated rings. The summed E-state index contributed by atoms with van der Waals surface area (Å²) < 4.78 is 338. The number of unbranched alkanes of at least 4 members (excludes halogenated alkanes) is 3. The van der Waals surface area contributed by atoms with Gasteiger partial charge in [-0.25, -0.2) is 8.78 Å². The van der Waals surface area contributed by atoms with Crippen LogP contribution in [0.5, 0.6) is 0 Å². The normalized spacial score (nSPS) is 17.2. The van der Waals surface area contributed by atoms with Gasteiger partial charge in [0.05, 0.1) is 0 Å². The molecule has 0 aliphatic rings. The predicted molar refractivity (Wildman–Crippen MR) is 202 cm³/mol. The third-order valence-corrected chi connectivity index (χ3v) is 13.2. The highest BCUT2D eigenvalue weighted by Gasteiger charge is 2.91. The maximum atomic E-state index is 15.1. The molecule has 3 atom stereocenters. The van der Waals surface area contributed by atoms with Gasteiger partial charge in [-0.15, -0.1) is 6.58 Å². The number of hydrogen-bond acceptors (Lipinski definition) is 0. The summed E-state index contributed by atoms with van der Waals surface area (Å²) in [6.45, 7) is 4.14. The molecule has 0 amide bonds.